The van der Waals surface area contributed by atoms with Crippen LogP contribution in [0.1, 0.15) is 33.2 Å². The number of hydrogen-bond acceptors (Lipinski definition) is 4. The van der Waals surface area contributed by atoms with Crippen molar-refractivity contribution in [1.82, 2.24) is 14.8 Å². The Morgan fingerprint density at radius 1 is 1.00 bits per heavy atom. The van der Waals surface area contributed by atoms with Gasteiger partial charge in [-0.15, -0.1) is 0 Å². The van der Waals surface area contributed by atoms with Crippen molar-refractivity contribution in [2.75, 3.05) is 5.32 Å². The number of rotatable bonds is 5. The van der Waals surface area contributed by atoms with E-state index in [0.717, 1.165) is 5.56 Å². The van der Waals surface area contributed by atoms with Gasteiger partial charge >= 0.3 is 0 Å². The Kier molecular flexibility index (Phi) is 4.47. The average molecular weight is 320 g/mol. The van der Waals surface area contributed by atoms with E-state index in [2.05, 4.69) is 15.4 Å². The fourth-order valence-corrected chi connectivity index (χ4v) is 2.24. The summed E-state index contributed by atoms with van der Waals surface area (Å²) in [4.78, 5) is 27.4. The average Bonchev–Trinajstić information content (AvgIpc) is 3.02. The van der Waals surface area contributed by atoms with Crippen molar-refractivity contribution in [1.29, 1.82) is 0 Å². The van der Waals surface area contributed by atoms with Gasteiger partial charge in [0.2, 0.25) is 0 Å². The van der Waals surface area contributed by atoms with Crippen LogP contribution in [0.3, 0.4) is 0 Å². The number of ketones is 1. The van der Waals surface area contributed by atoms with Gasteiger partial charge in [0, 0.05) is 35.8 Å². The number of pyridine rings is 1. The minimum Gasteiger partial charge on any atom is -0.305 e. The summed E-state index contributed by atoms with van der Waals surface area (Å²) in [5.41, 5.74) is 2.13. The van der Waals surface area contributed by atoms with E-state index in [9.17, 15) is 9.59 Å². The number of aromatic nitrogens is 3. The number of carbonyl (C=O) groups excluding carboxylic acids is 2. The lowest BCUT2D eigenvalue weighted by Gasteiger charge is -2.04. The fourth-order valence-electron chi connectivity index (χ4n) is 2.24. The first-order valence-corrected chi connectivity index (χ1v) is 7.46. The molecule has 1 amide bonds. The van der Waals surface area contributed by atoms with Gasteiger partial charge < -0.3 is 5.32 Å². The van der Waals surface area contributed by atoms with Crippen molar-refractivity contribution in [2.24, 2.45) is 0 Å². The first-order valence-electron chi connectivity index (χ1n) is 7.46. The molecule has 1 aromatic carbocycles. The lowest BCUT2D eigenvalue weighted by atomic mass is 10.1. The number of carbonyl (C=O) groups is 2. The zero-order valence-electron chi connectivity index (χ0n) is 13.1. The minimum absolute atomic E-state index is 0.0307. The molecule has 3 aromatic rings. The lowest BCUT2D eigenvalue weighted by Crippen LogP contribution is -2.13. The molecule has 0 unspecified atom stereocenters. The molecule has 6 heteroatoms. The molecule has 0 spiro atoms. The Morgan fingerprint density at radius 2 is 1.67 bits per heavy atom. The van der Waals surface area contributed by atoms with E-state index >= 15 is 0 Å². The van der Waals surface area contributed by atoms with Crippen molar-refractivity contribution in [3.63, 3.8) is 0 Å². The van der Waals surface area contributed by atoms with E-state index in [1.807, 2.05) is 12.1 Å². The third-order valence-corrected chi connectivity index (χ3v) is 3.53. The Morgan fingerprint density at radius 3 is 2.33 bits per heavy atom. The van der Waals surface area contributed by atoms with Crippen LogP contribution in [0, 0.1) is 0 Å². The number of hydrogen-bond donors (Lipinski definition) is 1. The van der Waals surface area contributed by atoms with Crippen LogP contribution in [0.25, 0.3) is 0 Å². The van der Waals surface area contributed by atoms with Crippen LogP contribution in [-0.2, 0) is 6.54 Å². The van der Waals surface area contributed by atoms with Crippen LogP contribution >= 0.6 is 0 Å². The molecule has 0 aliphatic heterocycles. The standard InChI is InChI=1S/C18H16N4O2/c1-13(23)15-2-4-16(5-3-15)18(24)20-17-8-11-22(21-17)12-14-6-9-19-10-7-14/h2-11H,12H2,1H3,(H,20,21,24). The number of amides is 1. The molecular weight excluding hydrogens is 304 g/mol. The third-order valence-electron chi connectivity index (χ3n) is 3.53. The molecule has 0 aliphatic carbocycles. The van der Waals surface area contributed by atoms with E-state index < -0.39 is 0 Å². The smallest absolute Gasteiger partial charge is 0.256 e. The van der Waals surface area contributed by atoms with Crippen molar-refractivity contribution in [3.05, 3.63) is 77.7 Å². The van der Waals surface area contributed by atoms with E-state index in [-0.39, 0.29) is 11.7 Å². The number of benzene rings is 1. The van der Waals surface area contributed by atoms with E-state index in [0.29, 0.717) is 23.5 Å². The second-order valence-electron chi connectivity index (χ2n) is 5.34. The molecule has 0 bridgehead atoms. The molecule has 0 saturated carbocycles. The Bertz CT molecular complexity index is 854. The van der Waals surface area contributed by atoms with Gasteiger partial charge in [0.05, 0.1) is 6.54 Å². The van der Waals surface area contributed by atoms with Gasteiger partial charge in [-0.2, -0.15) is 5.10 Å². The maximum atomic E-state index is 12.2. The summed E-state index contributed by atoms with van der Waals surface area (Å²) in [6.07, 6.45) is 5.26. The van der Waals surface area contributed by atoms with Crippen LogP contribution in [0.5, 0.6) is 0 Å². The van der Waals surface area contributed by atoms with Crippen molar-refractivity contribution in [2.45, 2.75) is 13.5 Å². The molecule has 0 aliphatic rings. The number of nitrogens with zero attached hydrogens (tertiary/aromatic N) is 3. The zero-order chi connectivity index (χ0) is 16.9. The highest BCUT2D eigenvalue weighted by atomic mass is 16.1. The Labute approximate surface area is 139 Å². The molecule has 0 fully saturated rings. The second kappa shape index (κ2) is 6.87. The number of Topliss-reactive ketones (excluding diaryl/α,β-unsaturated/α-hetero) is 1. The van der Waals surface area contributed by atoms with Crippen LogP contribution in [0.4, 0.5) is 5.82 Å². The maximum absolute atomic E-state index is 12.2. The molecule has 2 aromatic heterocycles. The van der Waals surface area contributed by atoms with Gasteiger partial charge in [0.1, 0.15) is 0 Å². The van der Waals surface area contributed by atoms with Gasteiger partial charge in [0.15, 0.2) is 11.6 Å². The zero-order valence-corrected chi connectivity index (χ0v) is 13.1. The predicted octanol–water partition coefficient (Wildman–Crippen LogP) is 2.78. The van der Waals surface area contributed by atoms with Gasteiger partial charge in [0.25, 0.3) is 5.91 Å². The Hall–Kier alpha value is -3.28. The highest BCUT2D eigenvalue weighted by Crippen LogP contribution is 2.10. The van der Waals surface area contributed by atoms with Gasteiger partial charge in [-0.05, 0) is 36.8 Å². The van der Waals surface area contributed by atoms with Crippen molar-refractivity contribution >= 4 is 17.5 Å². The van der Waals surface area contributed by atoms with Crippen molar-refractivity contribution in [3.8, 4) is 0 Å². The number of anilines is 1. The van der Waals surface area contributed by atoms with E-state index in [1.54, 1.807) is 53.6 Å². The van der Waals surface area contributed by atoms with Gasteiger partial charge in [-0.1, -0.05) is 12.1 Å². The highest BCUT2D eigenvalue weighted by molar-refractivity contribution is 6.04. The van der Waals surface area contributed by atoms with Gasteiger partial charge in [-0.25, -0.2) is 0 Å². The molecular formula is C18H16N4O2. The summed E-state index contributed by atoms with van der Waals surface area (Å²) in [7, 11) is 0. The quantitative estimate of drug-likeness (QED) is 0.733. The summed E-state index contributed by atoms with van der Waals surface area (Å²) in [6.45, 7) is 2.09. The first-order chi connectivity index (χ1) is 11.6. The van der Waals surface area contributed by atoms with Crippen LogP contribution in [0.15, 0.2) is 61.1 Å². The normalized spacial score (nSPS) is 10.4. The summed E-state index contributed by atoms with van der Waals surface area (Å²) in [5.74, 6) is 0.181. The van der Waals surface area contributed by atoms with Crippen molar-refractivity contribution < 1.29 is 9.59 Å². The minimum atomic E-state index is -0.265. The third kappa shape index (κ3) is 3.73. The van der Waals surface area contributed by atoms with Gasteiger partial charge in [-0.3, -0.25) is 19.3 Å². The van der Waals surface area contributed by atoms with Crippen LogP contribution < -0.4 is 5.32 Å². The molecule has 1 N–H and O–H groups in total. The highest BCUT2D eigenvalue weighted by Gasteiger charge is 2.09. The molecule has 0 atom stereocenters. The SMILES string of the molecule is CC(=O)c1ccc(C(=O)Nc2ccn(Cc3ccncc3)n2)cc1. The summed E-state index contributed by atoms with van der Waals surface area (Å²) >= 11 is 0. The summed E-state index contributed by atoms with van der Waals surface area (Å²) in [5, 5.41) is 7.07. The summed E-state index contributed by atoms with van der Waals surface area (Å²) < 4.78 is 1.74. The van der Waals surface area contributed by atoms with E-state index in [4.69, 9.17) is 0 Å². The van der Waals surface area contributed by atoms with Crippen LogP contribution in [0.2, 0.25) is 0 Å². The molecule has 120 valence electrons. The monoisotopic (exact) mass is 320 g/mol. The van der Waals surface area contributed by atoms with E-state index in [1.165, 1.54) is 6.92 Å². The maximum Gasteiger partial charge on any atom is 0.256 e. The fraction of sp³-hybridized carbons (Fsp3) is 0.111. The molecule has 6 nitrogen and oxygen atoms in total. The molecule has 3 rings (SSSR count). The largest absolute Gasteiger partial charge is 0.305 e. The predicted molar refractivity (Wildman–Crippen MR) is 90.0 cm³/mol. The Balaban J connectivity index is 1.65. The molecule has 0 radical (unpaired) electrons. The van der Waals surface area contributed by atoms with Crippen LogP contribution in [-0.4, -0.2) is 26.5 Å². The first kappa shape index (κ1) is 15.6. The summed E-state index contributed by atoms with van der Waals surface area (Å²) in [6, 6.07) is 12.1. The lowest BCUT2D eigenvalue weighted by molar-refractivity contribution is 0.100. The molecule has 2 heterocycles. The molecule has 24 heavy (non-hydrogen) atoms. The number of nitrogens with one attached hydrogen (secondary N) is 1. The second-order valence-corrected chi connectivity index (χ2v) is 5.34. The molecule has 0 saturated heterocycles. The topological polar surface area (TPSA) is 76.9 Å².